The fourth-order valence-corrected chi connectivity index (χ4v) is 2.10. The number of hydrogen-bond donors (Lipinski definition) is 2. The number of rotatable bonds is 13. The van der Waals surface area contributed by atoms with E-state index in [4.69, 9.17) is 10.2 Å². The van der Waals surface area contributed by atoms with Crippen LogP contribution in [0.4, 0.5) is 0 Å². The molecule has 0 atom stereocenters. The van der Waals surface area contributed by atoms with Crippen LogP contribution in [0.2, 0.25) is 0 Å². The molecule has 0 fully saturated rings. The second kappa shape index (κ2) is 12.1. The lowest BCUT2D eigenvalue weighted by Crippen LogP contribution is -1.99. The highest BCUT2D eigenvalue weighted by Crippen LogP contribution is 2.10. The number of carboxylic acid groups (broad SMARTS) is 2. The van der Waals surface area contributed by atoms with Crippen molar-refractivity contribution in [1.29, 1.82) is 0 Å². The number of unbranched alkanes of at least 4 members (excludes halogenated alkanes) is 6. The molecule has 0 aliphatic rings. The van der Waals surface area contributed by atoms with Gasteiger partial charge in [0.25, 0.3) is 0 Å². The van der Waals surface area contributed by atoms with E-state index in [2.05, 4.69) is 0 Å². The molecular formula is C16H26O5. The van der Waals surface area contributed by atoms with Gasteiger partial charge >= 0.3 is 11.9 Å². The van der Waals surface area contributed by atoms with Crippen LogP contribution in [0.5, 0.6) is 0 Å². The molecule has 0 saturated carbocycles. The average Bonchev–Trinajstić information content (AvgIpc) is 2.35. The first kappa shape index (κ1) is 19.4. The van der Waals surface area contributed by atoms with Crippen molar-refractivity contribution in [2.24, 2.45) is 0 Å². The number of ketones is 1. The fraction of sp³-hybridized carbons (Fsp3) is 0.688. The molecule has 0 aromatic heterocycles. The van der Waals surface area contributed by atoms with Gasteiger partial charge in [-0.15, -0.1) is 0 Å². The van der Waals surface area contributed by atoms with Gasteiger partial charge in [0.15, 0.2) is 5.78 Å². The lowest BCUT2D eigenvalue weighted by molar-refractivity contribution is -0.137. The predicted octanol–water partition coefficient (Wildman–Crippen LogP) is 3.57. The van der Waals surface area contributed by atoms with Crippen LogP contribution in [0.3, 0.4) is 0 Å². The zero-order chi connectivity index (χ0) is 16.1. The van der Waals surface area contributed by atoms with Crippen LogP contribution in [0, 0.1) is 0 Å². The maximum absolute atomic E-state index is 11.5. The van der Waals surface area contributed by atoms with Crippen molar-refractivity contribution in [1.82, 2.24) is 0 Å². The third-order valence-electron chi connectivity index (χ3n) is 3.15. The molecule has 0 rings (SSSR count). The summed E-state index contributed by atoms with van der Waals surface area (Å²) in [6.45, 7) is 1.66. The largest absolute Gasteiger partial charge is 0.481 e. The molecule has 0 aliphatic carbocycles. The second-order valence-corrected chi connectivity index (χ2v) is 5.40. The maximum atomic E-state index is 11.5. The molecule has 0 spiro atoms. The summed E-state index contributed by atoms with van der Waals surface area (Å²) >= 11 is 0. The Kier molecular flexibility index (Phi) is 11.2. The molecule has 0 aromatic carbocycles. The van der Waals surface area contributed by atoms with E-state index in [1.165, 1.54) is 6.08 Å². The van der Waals surface area contributed by atoms with Crippen molar-refractivity contribution < 1.29 is 24.6 Å². The SMILES string of the molecule is CC(=CC(=O)CCCCCCCCCC(=O)O)CC(=O)O. The van der Waals surface area contributed by atoms with Gasteiger partial charge in [0.05, 0.1) is 6.42 Å². The Hall–Kier alpha value is -1.65. The van der Waals surface area contributed by atoms with Gasteiger partial charge in [0.1, 0.15) is 0 Å². The van der Waals surface area contributed by atoms with Crippen molar-refractivity contribution >= 4 is 17.7 Å². The Morgan fingerprint density at radius 2 is 1.24 bits per heavy atom. The Morgan fingerprint density at radius 1 is 0.762 bits per heavy atom. The van der Waals surface area contributed by atoms with Crippen molar-refractivity contribution in [2.45, 2.75) is 71.1 Å². The quantitative estimate of drug-likeness (QED) is 0.400. The molecule has 2 N–H and O–H groups in total. The molecule has 5 heteroatoms. The fourth-order valence-electron chi connectivity index (χ4n) is 2.10. The minimum atomic E-state index is -0.917. The molecule has 0 unspecified atom stereocenters. The molecule has 0 bridgehead atoms. The summed E-state index contributed by atoms with van der Waals surface area (Å²) in [5, 5.41) is 17.1. The van der Waals surface area contributed by atoms with Crippen molar-refractivity contribution in [3.63, 3.8) is 0 Å². The van der Waals surface area contributed by atoms with Crippen LogP contribution in [-0.2, 0) is 14.4 Å². The van der Waals surface area contributed by atoms with Gasteiger partial charge in [-0.05, 0) is 25.8 Å². The monoisotopic (exact) mass is 298 g/mol. The molecule has 0 radical (unpaired) electrons. The topological polar surface area (TPSA) is 91.7 Å². The molecule has 120 valence electrons. The Morgan fingerprint density at radius 3 is 1.71 bits per heavy atom. The van der Waals surface area contributed by atoms with Crippen LogP contribution in [0.1, 0.15) is 71.1 Å². The van der Waals surface area contributed by atoms with Gasteiger partial charge < -0.3 is 10.2 Å². The predicted molar refractivity (Wildman–Crippen MR) is 80.2 cm³/mol. The van der Waals surface area contributed by atoms with Gasteiger partial charge in [0, 0.05) is 12.8 Å². The van der Waals surface area contributed by atoms with E-state index in [1.807, 2.05) is 0 Å². The number of carboxylic acids is 2. The molecule has 0 heterocycles. The zero-order valence-corrected chi connectivity index (χ0v) is 12.8. The van der Waals surface area contributed by atoms with Gasteiger partial charge in [0.2, 0.25) is 0 Å². The van der Waals surface area contributed by atoms with Crippen LogP contribution in [0.25, 0.3) is 0 Å². The van der Waals surface area contributed by atoms with Gasteiger partial charge in [-0.1, -0.05) is 37.7 Å². The molecule has 21 heavy (non-hydrogen) atoms. The lowest BCUT2D eigenvalue weighted by atomic mass is 10.0. The zero-order valence-electron chi connectivity index (χ0n) is 12.8. The number of carbonyl (C=O) groups excluding carboxylic acids is 1. The smallest absolute Gasteiger partial charge is 0.307 e. The standard InChI is InChI=1S/C16H26O5/c1-13(12-16(20)21)11-14(17)9-7-5-3-2-4-6-8-10-15(18)19/h11H,2-10,12H2,1H3,(H,18,19)(H,20,21). The van der Waals surface area contributed by atoms with Crippen LogP contribution in [0.15, 0.2) is 11.6 Å². The van der Waals surface area contributed by atoms with Crippen molar-refractivity contribution in [2.75, 3.05) is 0 Å². The first-order chi connectivity index (χ1) is 9.91. The number of aliphatic carboxylic acids is 2. The molecule has 0 amide bonds. The minimum Gasteiger partial charge on any atom is -0.481 e. The number of carbonyl (C=O) groups is 3. The summed E-state index contributed by atoms with van der Waals surface area (Å²) in [5.74, 6) is -1.66. The van der Waals surface area contributed by atoms with E-state index in [1.54, 1.807) is 6.92 Å². The number of allylic oxidation sites excluding steroid dienone is 1. The van der Waals surface area contributed by atoms with E-state index < -0.39 is 11.9 Å². The molecule has 0 saturated heterocycles. The second-order valence-electron chi connectivity index (χ2n) is 5.40. The maximum Gasteiger partial charge on any atom is 0.307 e. The summed E-state index contributed by atoms with van der Waals surface area (Å²) in [4.78, 5) is 32.3. The minimum absolute atomic E-state index is 0.00444. The van der Waals surface area contributed by atoms with E-state index in [0.717, 1.165) is 44.9 Å². The molecular weight excluding hydrogens is 272 g/mol. The Labute approximate surface area is 126 Å². The normalized spacial score (nSPS) is 11.4. The Bertz CT molecular complexity index is 371. The van der Waals surface area contributed by atoms with Crippen LogP contribution in [-0.4, -0.2) is 27.9 Å². The first-order valence-electron chi connectivity index (χ1n) is 7.55. The van der Waals surface area contributed by atoms with Crippen LogP contribution < -0.4 is 0 Å². The molecule has 0 aromatic rings. The van der Waals surface area contributed by atoms with E-state index >= 15 is 0 Å². The summed E-state index contributed by atoms with van der Waals surface area (Å²) in [6.07, 6.45) is 8.72. The first-order valence-corrected chi connectivity index (χ1v) is 7.55. The summed E-state index contributed by atoms with van der Waals surface area (Å²) in [7, 11) is 0. The van der Waals surface area contributed by atoms with E-state index in [0.29, 0.717) is 12.0 Å². The highest BCUT2D eigenvalue weighted by molar-refractivity contribution is 5.90. The van der Waals surface area contributed by atoms with Crippen LogP contribution >= 0.6 is 0 Å². The highest BCUT2D eigenvalue weighted by Gasteiger charge is 2.03. The summed E-state index contributed by atoms with van der Waals surface area (Å²) in [5.41, 5.74) is 0.589. The summed E-state index contributed by atoms with van der Waals surface area (Å²) < 4.78 is 0. The average molecular weight is 298 g/mol. The highest BCUT2D eigenvalue weighted by atomic mass is 16.4. The number of hydrogen-bond acceptors (Lipinski definition) is 3. The van der Waals surface area contributed by atoms with E-state index in [9.17, 15) is 14.4 Å². The van der Waals surface area contributed by atoms with Gasteiger partial charge in [-0.25, -0.2) is 0 Å². The molecule has 0 aliphatic heterocycles. The Balaban J connectivity index is 3.48. The lowest BCUT2D eigenvalue weighted by Gasteiger charge is -2.01. The van der Waals surface area contributed by atoms with Crippen molar-refractivity contribution in [3.05, 3.63) is 11.6 Å². The van der Waals surface area contributed by atoms with E-state index in [-0.39, 0.29) is 18.6 Å². The third-order valence-corrected chi connectivity index (χ3v) is 3.15. The molecule has 5 nitrogen and oxygen atoms in total. The third kappa shape index (κ3) is 14.6. The van der Waals surface area contributed by atoms with Gasteiger partial charge in [-0.3, -0.25) is 14.4 Å². The summed E-state index contributed by atoms with van der Waals surface area (Å²) in [6, 6.07) is 0. The van der Waals surface area contributed by atoms with Crippen molar-refractivity contribution in [3.8, 4) is 0 Å². The van der Waals surface area contributed by atoms with Gasteiger partial charge in [-0.2, -0.15) is 0 Å².